The molecule has 24 heavy (non-hydrogen) atoms. The van der Waals surface area contributed by atoms with Crippen LogP contribution in [-0.4, -0.2) is 21.0 Å². The Morgan fingerprint density at radius 3 is 2.46 bits per heavy atom. The van der Waals surface area contributed by atoms with Gasteiger partial charge in [0.25, 0.3) is 0 Å². The van der Waals surface area contributed by atoms with Crippen LogP contribution >= 0.6 is 0 Å². The quantitative estimate of drug-likeness (QED) is 0.747. The standard InChI is InChI=1S/C20H18N2O2/c23-20(24)13-18(17-4-3-10-21-14-17)12-15-6-8-16(9-7-15)19-5-1-2-11-22-19/h1-11,14,18H,12-13H2,(H,23,24). The molecule has 1 atom stereocenters. The zero-order valence-corrected chi connectivity index (χ0v) is 13.2. The van der Waals surface area contributed by atoms with Crippen molar-refractivity contribution in [3.63, 3.8) is 0 Å². The van der Waals surface area contributed by atoms with Crippen LogP contribution < -0.4 is 0 Å². The van der Waals surface area contributed by atoms with Crippen LogP contribution in [0.15, 0.2) is 73.2 Å². The number of nitrogens with zero attached hydrogens (tertiary/aromatic N) is 2. The van der Waals surface area contributed by atoms with Crippen molar-refractivity contribution in [3.8, 4) is 11.3 Å². The molecule has 0 aliphatic carbocycles. The molecule has 0 spiro atoms. The van der Waals surface area contributed by atoms with E-state index in [1.807, 2.05) is 54.6 Å². The van der Waals surface area contributed by atoms with E-state index in [1.165, 1.54) is 0 Å². The largest absolute Gasteiger partial charge is 0.481 e. The third-order valence-electron chi connectivity index (χ3n) is 3.97. The summed E-state index contributed by atoms with van der Waals surface area (Å²) in [4.78, 5) is 19.6. The van der Waals surface area contributed by atoms with E-state index in [-0.39, 0.29) is 12.3 Å². The summed E-state index contributed by atoms with van der Waals surface area (Å²) >= 11 is 0. The van der Waals surface area contributed by atoms with Crippen LogP contribution in [0.25, 0.3) is 11.3 Å². The van der Waals surface area contributed by atoms with Gasteiger partial charge in [0.15, 0.2) is 0 Å². The first-order chi connectivity index (χ1) is 11.7. The lowest BCUT2D eigenvalue weighted by atomic mass is 9.90. The maximum Gasteiger partial charge on any atom is 0.303 e. The predicted molar refractivity (Wildman–Crippen MR) is 92.6 cm³/mol. The van der Waals surface area contributed by atoms with Gasteiger partial charge in [-0.1, -0.05) is 36.4 Å². The number of aromatic nitrogens is 2. The molecule has 1 N–H and O–H groups in total. The highest BCUT2D eigenvalue weighted by Gasteiger charge is 2.16. The lowest BCUT2D eigenvalue weighted by Gasteiger charge is -2.15. The average Bonchev–Trinajstić information content (AvgIpc) is 2.63. The summed E-state index contributed by atoms with van der Waals surface area (Å²) in [5, 5.41) is 9.19. The molecule has 4 heteroatoms. The Hall–Kier alpha value is -3.01. The van der Waals surface area contributed by atoms with Gasteiger partial charge in [-0.15, -0.1) is 0 Å². The third-order valence-corrected chi connectivity index (χ3v) is 3.97. The normalized spacial score (nSPS) is 11.8. The van der Waals surface area contributed by atoms with Gasteiger partial charge in [-0.25, -0.2) is 0 Å². The first-order valence-corrected chi connectivity index (χ1v) is 7.84. The van der Waals surface area contributed by atoms with Crippen molar-refractivity contribution in [3.05, 3.63) is 84.3 Å². The fourth-order valence-corrected chi connectivity index (χ4v) is 2.77. The second kappa shape index (κ2) is 7.51. The highest BCUT2D eigenvalue weighted by atomic mass is 16.4. The van der Waals surface area contributed by atoms with Crippen LogP contribution in [0, 0.1) is 0 Å². The minimum absolute atomic E-state index is 0.0862. The van der Waals surface area contributed by atoms with E-state index >= 15 is 0 Å². The van der Waals surface area contributed by atoms with Crippen molar-refractivity contribution in [1.29, 1.82) is 0 Å². The van der Waals surface area contributed by atoms with Gasteiger partial charge in [-0.05, 0) is 41.7 Å². The molecule has 3 rings (SSSR count). The zero-order chi connectivity index (χ0) is 16.8. The zero-order valence-electron chi connectivity index (χ0n) is 13.2. The first kappa shape index (κ1) is 15.9. The molecule has 0 aliphatic heterocycles. The topological polar surface area (TPSA) is 63.1 Å². The van der Waals surface area contributed by atoms with Crippen LogP contribution in [0.2, 0.25) is 0 Å². The van der Waals surface area contributed by atoms with E-state index in [1.54, 1.807) is 18.6 Å². The van der Waals surface area contributed by atoms with Gasteiger partial charge in [0.2, 0.25) is 0 Å². The second-order valence-corrected chi connectivity index (χ2v) is 5.70. The lowest BCUT2D eigenvalue weighted by molar-refractivity contribution is -0.137. The van der Waals surface area contributed by atoms with Crippen LogP contribution in [0.1, 0.15) is 23.5 Å². The van der Waals surface area contributed by atoms with Crippen LogP contribution in [0.5, 0.6) is 0 Å². The molecule has 1 unspecified atom stereocenters. The number of aliphatic carboxylic acids is 1. The van der Waals surface area contributed by atoms with Crippen LogP contribution in [-0.2, 0) is 11.2 Å². The second-order valence-electron chi connectivity index (χ2n) is 5.70. The predicted octanol–water partition coefficient (Wildman–Crippen LogP) is 3.94. The third kappa shape index (κ3) is 4.04. The van der Waals surface area contributed by atoms with Crippen molar-refractivity contribution in [2.45, 2.75) is 18.8 Å². The number of carbonyl (C=O) groups is 1. The van der Waals surface area contributed by atoms with Crippen molar-refractivity contribution < 1.29 is 9.90 Å². The van der Waals surface area contributed by atoms with Crippen molar-refractivity contribution in [1.82, 2.24) is 9.97 Å². The first-order valence-electron chi connectivity index (χ1n) is 7.84. The number of benzene rings is 1. The molecule has 0 aliphatic rings. The van der Waals surface area contributed by atoms with E-state index in [0.29, 0.717) is 6.42 Å². The molecule has 0 fully saturated rings. The molecule has 0 radical (unpaired) electrons. The van der Waals surface area contributed by atoms with Crippen molar-refractivity contribution in [2.24, 2.45) is 0 Å². The monoisotopic (exact) mass is 318 g/mol. The summed E-state index contributed by atoms with van der Waals surface area (Å²) < 4.78 is 0. The van der Waals surface area contributed by atoms with E-state index in [0.717, 1.165) is 22.4 Å². The van der Waals surface area contributed by atoms with E-state index in [9.17, 15) is 9.90 Å². The van der Waals surface area contributed by atoms with Gasteiger partial charge < -0.3 is 5.11 Å². The van der Waals surface area contributed by atoms with E-state index < -0.39 is 5.97 Å². The van der Waals surface area contributed by atoms with Gasteiger partial charge in [-0.3, -0.25) is 14.8 Å². The maximum absolute atomic E-state index is 11.2. The Morgan fingerprint density at radius 2 is 1.83 bits per heavy atom. The molecule has 3 aromatic rings. The molecule has 120 valence electrons. The molecule has 1 aromatic carbocycles. The summed E-state index contributed by atoms with van der Waals surface area (Å²) in [6, 6.07) is 17.7. The van der Waals surface area contributed by atoms with Gasteiger partial charge in [0.1, 0.15) is 0 Å². The highest BCUT2D eigenvalue weighted by molar-refractivity contribution is 5.68. The summed E-state index contributed by atoms with van der Waals surface area (Å²) in [7, 11) is 0. The molecular formula is C20H18N2O2. The van der Waals surface area contributed by atoms with Crippen molar-refractivity contribution >= 4 is 5.97 Å². The summed E-state index contributed by atoms with van der Waals surface area (Å²) in [6.07, 6.45) is 5.97. The average molecular weight is 318 g/mol. The molecule has 2 heterocycles. The Kier molecular flexibility index (Phi) is 4.96. The lowest BCUT2D eigenvalue weighted by Crippen LogP contribution is -2.09. The fraction of sp³-hybridized carbons (Fsp3) is 0.150. The Balaban J connectivity index is 1.79. The molecule has 2 aromatic heterocycles. The Morgan fingerprint density at radius 1 is 1.00 bits per heavy atom. The van der Waals surface area contributed by atoms with Crippen LogP contribution in [0.4, 0.5) is 0 Å². The number of hydrogen-bond acceptors (Lipinski definition) is 3. The fourth-order valence-electron chi connectivity index (χ4n) is 2.77. The van der Waals surface area contributed by atoms with Gasteiger partial charge in [0, 0.05) is 24.2 Å². The number of pyridine rings is 2. The van der Waals surface area contributed by atoms with Gasteiger partial charge in [0.05, 0.1) is 12.1 Å². The minimum atomic E-state index is -0.797. The van der Waals surface area contributed by atoms with Crippen molar-refractivity contribution in [2.75, 3.05) is 0 Å². The molecule has 0 amide bonds. The summed E-state index contributed by atoms with van der Waals surface area (Å²) in [5.74, 6) is -0.883. The number of rotatable bonds is 6. The molecular weight excluding hydrogens is 300 g/mol. The van der Waals surface area contributed by atoms with E-state index in [4.69, 9.17) is 0 Å². The molecule has 4 nitrogen and oxygen atoms in total. The summed E-state index contributed by atoms with van der Waals surface area (Å²) in [5.41, 5.74) is 4.03. The molecule has 0 bridgehead atoms. The van der Waals surface area contributed by atoms with Gasteiger partial charge in [-0.2, -0.15) is 0 Å². The highest BCUT2D eigenvalue weighted by Crippen LogP contribution is 2.25. The van der Waals surface area contributed by atoms with E-state index in [2.05, 4.69) is 9.97 Å². The SMILES string of the molecule is O=C(O)CC(Cc1ccc(-c2ccccn2)cc1)c1cccnc1. The van der Waals surface area contributed by atoms with Crippen LogP contribution in [0.3, 0.4) is 0 Å². The smallest absolute Gasteiger partial charge is 0.303 e. The Bertz CT molecular complexity index is 787. The molecule has 0 saturated carbocycles. The Labute approximate surface area is 140 Å². The number of carboxylic acid groups (broad SMARTS) is 1. The number of hydrogen-bond donors (Lipinski definition) is 1. The van der Waals surface area contributed by atoms with Gasteiger partial charge >= 0.3 is 5.97 Å². The number of carboxylic acids is 1. The molecule has 0 saturated heterocycles. The minimum Gasteiger partial charge on any atom is -0.481 e. The summed E-state index contributed by atoms with van der Waals surface area (Å²) in [6.45, 7) is 0. The maximum atomic E-state index is 11.2.